The number of rotatable bonds is 2. The van der Waals surface area contributed by atoms with Crippen LogP contribution in [0.3, 0.4) is 0 Å². The van der Waals surface area contributed by atoms with Gasteiger partial charge in [0.1, 0.15) is 11.9 Å². The van der Waals surface area contributed by atoms with Crippen molar-refractivity contribution in [3.63, 3.8) is 0 Å². The first kappa shape index (κ1) is 13.1. The molecule has 1 amide bonds. The van der Waals surface area contributed by atoms with Gasteiger partial charge in [0.25, 0.3) is 0 Å². The van der Waals surface area contributed by atoms with Crippen LogP contribution in [0.25, 0.3) is 0 Å². The third-order valence-electron chi connectivity index (χ3n) is 3.12. The number of carbonyl (C=O) groups is 1. The predicted molar refractivity (Wildman–Crippen MR) is 69.6 cm³/mol. The van der Waals surface area contributed by atoms with Crippen LogP contribution >= 0.6 is 0 Å². The van der Waals surface area contributed by atoms with Crippen molar-refractivity contribution in [2.45, 2.75) is 25.9 Å². The van der Waals surface area contributed by atoms with Crippen LogP contribution in [-0.2, 0) is 4.74 Å². The molecule has 0 atom stereocenters. The van der Waals surface area contributed by atoms with Gasteiger partial charge in [-0.15, -0.1) is 0 Å². The lowest BCUT2D eigenvalue weighted by atomic mass is 10.1. The summed E-state index contributed by atoms with van der Waals surface area (Å²) in [6.45, 7) is 3.34. The largest absolute Gasteiger partial charge is 0.446 e. The number of aromatic nitrogens is 1. The highest BCUT2D eigenvalue weighted by Gasteiger charge is 2.22. The van der Waals surface area contributed by atoms with Gasteiger partial charge in [-0.05, 0) is 19.1 Å². The van der Waals surface area contributed by atoms with Gasteiger partial charge < -0.3 is 15.4 Å². The standard InChI is InChI=1S/C13H16N4O2/c1-9-6-10(8-14)7-12(16-9)17-4-2-11(3-5-17)19-13(15)18/h6-7,11H,2-5H2,1H3,(H2,15,18). The van der Waals surface area contributed by atoms with Crippen LogP contribution in [0.5, 0.6) is 0 Å². The lowest BCUT2D eigenvalue weighted by molar-refractivity contribution is 0.0911. The highest BCUT2D eigenvalue weighted by Crippen LogP contribution is 2.21. The third-order valence-corrected chi connectivity index (χ3v) is 3.12. The fourth-order valence-electron chi connectivity index (χ4n) is 2.24. The minimum atomic E-state index is -0.723. The van der Waals surface area contributed by atoms with Crippen molar-refractivity contribution < 1.29 is 9.53 Å². The summed E-state index contributed by atoms with van der Waals surface area (Å²) < 4.78 is 4.98. The van der Waals surface area contributed by atoms with Crippen molar-refractivity contribution >= 4 is 11.9 Å². The van der Waals surface area contributed by atoms with Crippen LogP contribution in [0.2, 0.25) is 0 Å². The molecule has 1 saturated heterocycles. The van der Waals surface area contributed by atoms with Crippen molar-refractivity contribution in [3.8, 4) is 6.07 Å². The topological polar surface area (TPSA) is 92.2 Å². The highest BCUT2D eigenvalue weighted by atomic mass is 16.6. The maximum atomic E-state index is 10.7. The first-order valence-electron chi connectivity index (χ1n) is 6.18. The number of hydrogen-bond acceptors (Lipinski definition) is 5. The van der Waals surface area contributed by atoms with Gasteiger partial charge >= 0.3 is 6.09 Å². The SMILES string of the molecule is Cc1cc(C#N)cc(N2CCC(OC(N)=O)CC2)n1. The zero-order valence-corrected chi connectivity index (χ0v) is 10.8. The molecule has 100 valence electrons. The van der Waals surface area contributed by atoms with Gasteiger partial charge in [-0.2, -0.15) is 5.26 Å². The van der Waals surface area contributed by atoms with E-state index in [-0.39, 0.29) is 6.10 Å². The lowest BCUT2D eigenvalue weighted by Crippen LogP contribution is -2.39. The predicted octanol–water partition coefficient (Wildman–Crippen LogP) is 1.33. The van der Waals surface area contributed by atoms with Gasteiger partial charge in [0, 0.05) is 31.6 Å². The second kappa shape index (κ2) is 5.57. The average molecular weight is 260 g/mol. The zero-order valence-electron chi connectivity index (χ0n) is 10.8. The molecule has 0 aliphatic carbocycles. The molecule has 1 aliphatic heterocycles. The van der Waals surface area contributed by atoms with E-state index in [1.165, 1.54) is 0 Å². The van der Waals surface area contributed by atoms with Crippen LogP contribution in [0.15, 0.2) is 12.1 Å². The first-order valence-corrected chi connectivity index (χ1v) is 6.18. The van der Waals surface area contributed by atoms with Crippen molar-refractivity contribution in [2.75, 3.05) is 18.0 Å². The number of nitrogens with zero attached hydrogens (tertiary/aromatic N) is 3. The highest BCUT2D eigenvalue weighted by molar-refractivity contribution is 5.64. The summed E-state index contributed by atoms with van der Waals surface area (Å²) in [5.74, 6) is 0.800. The van der Waals surface area contributed by atoms with Crippen molar-refractivity contribution in [3.05, 3.63) is 23.4 Å². The van der Waals surface area contributed by atoms with Crippen LogP contribution < -0.4 is 10.6 Å². The maximum absolute atomic E-state index is 10.7. The molecule has 0 unspecified atom stereocenters. The Morgan fingerprint density at radius 3 is 2.79 bits per heavy atom. The Balaban J connectivity index is 2.03. The number of nitriles is 1. The molecule has 1 fully saturated rings. The quantitative estimate of drug-likeness (QED) is 0.865. The van der Waals surface area contributed by atoms with E-state index in [2.05, 4.69) is 16.0 Å². The molecule has 1 aliphatic rings. The third kappa shape index (κ3) is 3.35. The number of nitrogens with two attached hydrogens (primary N) is 1. The van der Waals surface area contributed by atoms with E-state index in [9.17, 15) is 4.79 Å². The van der Waals surface area contributed by atoms with Gasteiger partial charge in [-0.1, -0.05) is 0 Å². The molecule has 19 heavy (non-hydrogen) atoms. The van der Waals surface area contributed by atoms with Crippen LogP contribution in [0.1, 0.15) is 24.1 Å². The second-order valence-electron chi connectivity index (χ2n) is 4.59. The van der Waals surface area contributed by atoms with Gasteiger partial charge in [-0.3, -0.25) is 0 Å². The summed E-state index contributed by atoms with van der Waals surface area (Å²) in [5.41, 5.74) is 6.44. The van der Waals surface area contributed by atoms with E-state index < -0.39 is 6.09 Å². The Kier molecular flexibility index (Phi) is 3.85. The molecular weight excluding hydrogens is 244 g/mol. The minimum absolute atomic E-state index is 0.117. The number of amides is 1. The summed E-state index contributed by atoms with van der Waals surface area (Å²) in [6, 6.07) is 5.67. The molecule has 2 rings (SSSR count). The Morgan fingerprint density at radius 2 is 2.21 bits per heavy atom. The van der Waals surface area contributed by atoms with Crippen LogP contribution in [0, 0.1) is 18.3 Å². The number of carbonyl (C=O) groups excluding carboxylic acids is 1. The van der Waals surface area contributed by atoms with Gasteiger partial charge in [0.05, 0.1) is 11.6 Å². The molecule has 2 heterocycles. The molecule has 6 heteroatoms. The van der Waals surface area contributed by atoms with E-state index in [0.717, 1.165) is 37.4 Å². The number of anilines is 1. The minimum Gasteiger partial charge on any atom is -0.446 e. The molecule has 0 aromatic carbocycles. The van der Waals surface area contributed by atoms with Crippen molar-refractivity contribution in [1.82, 2.24) is 4.98 Å². The number of hydrogen-bond donors (Lipinski definition) is 1. The van der Waals surface area contributed by atoms with E-state index >= 15 is 0 Å². The van der Waals surface area contributed by atoms with E-state index in [1.54, 1.807) is 12.1 Å². The zero-order chi connectivity index (χ0) is 13.8. The molecule has 0 bridgehead atoms. The molecule has 0 radical (unpaired) electrons. The summed E-state index contributed by atoms with van der Waals surface area (Å²) >= 11 is 0. The smallest absolute Gasteiger partial charge is 0.404 e. The number of pyridine rings is 1. The van der Waals surface area contributed by atoms with Crippen LogP contribution in [-0.4, -0.2) is 30.3 Å². The molecule has 2 N–H and O–H groups in total. The Morgan fingerprint density at radius 1 is 1.53 bits per heavy atom. The van der Waals surface area contributed by atoms with Gasteiger partial charge in [0.2, 0.25) is 0 Å². The normalized spacial score (nSPS) is 15.9. The fraction of sp³-hybridized carbons (Fsp3) is 0.462. The molecule has 1 aromatic heterocycles. The average Bonchev–Trinajstić information content (AvgIpc) is 2.38. The van der Waals surface area contributed by atoms with E-state index in [0.29, 0.717) is 5.56 Å². The fourth-order valence-corrected chi connectivity index (χ4v) is 2.24. The van der Waals surface area contributed by atoms with E-state index in [1.807, 2.05) is 6.92 Å². The molecule has 0 spiro atoms. The first-order chi connectivity index (χ1) is 9.08. The monoisotopic (exact) mass is 260 g/mol. The summed E-state index contributed by atoms with van der Waals surface area (Å²) in [7, 11) is 0. The van der Waals surface area contributed by atoms with Gasteiger partial charge in [-0.25, -0.2) is 9.78 Å². The van der Waals surface area contributed by atoms with Crippen molar-refractivity contribution in [2.24, 2.45) is 5.73 Å². The number of primary amides is 1. The Hall–Kier alpha value is -2.29. The maximum Gasteiger partial charge on any atom is 0.404 e. The Labute approximate surface area is 111 Å². The van der Waals surface area contributed by atoms with Crippen molar-refractivity contribution in [1.29, 1.82) is 5.26 Å². The summed E-state index contributed by atoms with van der Waals surface area (Å²) in [5, 5.41) is 8.96. The molecule has 1 aromatic rings. The molecular formula is C13H16N4O2. The molecule has 0 saturated carbocycles. The van der Waals surface area contributed by atoms with E-state index in [4.69, 9.17) is 15.7 Å². The number of ether oxygens (including phenoxy) is 1. The van der Waals surface area contributed by atoms with Crippen LogP contribution in [0.4, 0.5) is 10.6 Å². The lowest BCUT2D eigenvalue weighted by Gasteiger charge is -2.32. The summed E-state index contributed by atoms with van der Waals surface area (Å²) in [4.78, 5) is 17.2. The molecule has 6 nitrogen and oxygen atoms in total. The number of piperidine rings is 1. The number of aryl methyl sites for hydroxylation is 1. The Bertz CT molecular complexity index is 516. The van der Waals surface area contributed by atoms with Gasteiger partial charge in [0.15, 0.2) is 0 Å². The summed E-state index contributed by atoms with van der Waals surface area (Å²) in [6.07, 6.45) is 0.605. The second-order valence-corrected chi connectivity index (χ2v) is 4.59.